The summed E-state index contributed by atoms with van der Waals surface area (Å²) in [5, 5.41) is 2.94. The number of sulfone groups is 1. The molecule has 0 aromatic rings. The lowest BCUT2D eigenvalue weighted by Gasteiger charge is -2.16. The minimum absolute atomic E-state index is 0.0959. The van der Waals surface area contributed by atoms with Crippen LogP contribution in [0.15, 0.2) is 0 Å². The number of halogens is 1. The summed E-state index contributed by atoms with van der Waals surface area (Å²) in [5.74, 6) is 0.0959. The van der Waals surface area contributed by atoms with Gasteiger partial charge < -0.3 is 5.32 Å². The first kappa shape index (κ1) is 10.9. The molecule has 1 N–H and O–H groups in total. The largest absolute Gasteiger partial charge is 0.313 e. The van der Waals surface area contributed by atoms with Gasteiger partial charge in [0.2, 0.25) is 0 Å². The van der Waals surface area contributed by atoms with E-state index in [0.29, 0.717) is 32.4 Å². The number of alkyl halides is 1. The van der Waals surface area contributed by atoms with Crippen molar-refractivity contribution >= 4 is 9.84 Å². The number of hydrogen-bond acceptors (Lipinski definition) is 3. The molecule has 1 unspecified atom stereocenters. The molecule has 0 radical (unpaired) electrons. The third kappa shape index (κ3) is 4.04. The maximum Gasteiger partial charge on any atom is 0.147 e. The Labute approximate surface area is 78.6 Å². The van der Waals surface area contributed by atoms with Gasteiger partial charge in [0.05, 0.1) is 0 Å². The highest BCUT2D eigenvalue weighted by Gasteiger charge is 2.32. The lowest BCUT2D eigenvalue weighted by Crippen LogP contribution is -2.26. The van der Waals surface area contributed by atoms with Gasteiger partial charge in [0.1, 0.15) is 15.5 Å². The molecule has 0 aromatic carbocycles. The number of hydrogen-bond donors (Lipinski definition) is 1. The maximum absolute atomic E-state index is 13.6. The van der Waals surface area contributed by atoms with Gasteiger partial charge in [-0.1, -0.05) is 0 Å². The van der Waals surface area contributed by atoms with Crippen LogP contribution in [0.5, 0.6) is 0 Å². The molecular formula is C8H16FNO2S. The predicted octanol–water partition coefficient (Wildman–Crippen LogP) is 0.513. The van der Waals surface area contributed by atoms with Crippen LogP contribution in [0.1, 0.15) is 19.3 Å². The molecule has 1 saturated heterocycles. The van der Waals surface area contributed by atoms with Crippen molar-refractivity contribution in [3.63, 3.8) is 0 Å². The Morgan fingerprint density at radius 3 is 2.69 bits per heavy atom. The Kier molecular flexibility index (Phi) is 3.29. The van der Waals surface area contributed by atoms with Gasteiger partial charge in [0.25, 0.3) is 0 Å². The fraction of sp³-hybridized carbons (Fsp3) is 1.00. The molecular weight excluding hydrogens is 193 g/mol. The van der Waals surface area contributed by atoms with Crippen LogP contribution < -0.4 is 5.32 Å². The summed E-state index contributed by atoms with van der Waals surface area (Å²) in [6.07, 6.45) is 2.48. The summed E-state index contributed by atoms with van der Waals surface area (Å²) >= 11 is 0. The van der Waals surface area contributed by atoms with Crippen LogP contribution in [0, 0.1) is 0 Å². The zero-order chi connectivity index (χ0) is 9.95. The van der Waals surface area contributed by atoms with Crippen molar-refractivity contribution in [1.29, 1.82) is 0 Å². The van der Waals surface area contributed by atoms with Crippen molar-refractivity contribution in [2.24, 2.45) is 0 Å². The lowest BCUT2D eigenvalue weighted by atomic mass is 10.00. The highest BCUT2D eigenvalue weighted by Crippen LogP contribution is 2.25. The quantitative estimate of drug-likeness (QED) is 0.734. The van der Waals surface area contributed by atoms with E-state index in [1.54, 1.807) is 0 Å². The Hall–Kier alpha value is -0.160. The van der Waals surface area contributed by atoms with Crippen LogP contribution in [0.4, 0.5) is 4.39 Å². The molecule has 1 fully saturated rings. The summed E-state index contributed by atoms with van der Waals surface area (Å²) < 4.78 is 35.2. The Morgan fingerprint density at radius 2 is 2.23 bits per heavy atom. The molecule has 1 rings (SSSR count). The summed E-state index contributed by atoms with van der Waals surface area (Å²) in [7, 11) is -2.93. The molecule has 5 heteroatoms. The van der Waals surface area contributed by atoms with Gasteiger partial charge in [-0.05, 0) is 25.8 Å². The van der Waals surface area contributed by atoms with Crippen LogP contribution in [-0.2, 0) is 9.84 Å². The van der Waals surface area contributed by atoms with Crippen molar-refractivity contribution < 1.29 is 12.8 Å². The highest BCUT2D eigenvalue weighted by molar-refractivity contribution is 7.90. The van der Waals surface area contributed by atoms with E-state index < -0.39 is 15.5 Å². The number of nitrogens with one attached hydrogen (secondary N) is 1. The molecule has 1 atom stereocenters. The van der Waals surface area contributed by atoms with Crippen molar-refractivity contribution in [3.8, 4) is 0 Å². The average molecular weight is 209 g/mol. The zero-order valence-corrected chi connectivity index (χ0v) is 8.66. The predicted molar refractivity (Wildman–Crippen MR) is 50.3 cm³/mol. The van der Waals surface area contributed by atoms with Crippen molar-refractivity contribution in [2.75, 3.05) is 25.1 Å². The second kappa shape index (κ2) is 3.92. The van der Waals surface area contributed by atoms with Gasteiger partial charge in [0.15, 0.2) is 0 Å². The lowest BCUT2D eigenvalue weighted by molar-refractivity contribution is 0.175. The van der Waals surface area contributed by atoms with Crippen LogP contribution in [0.3, 0.4) is 0 Å². The molecule has 1 aliphatic heterocycles. The van der Waals surface area contributed by atoms with E-state index in [-0.39, 0.29) is 5.75 Å². The van der Waals surface area contributed by atoms with E-state index >= 15 is 0 Å². The van der Waals surface area contributed by atoms with Gasteiger partial charge in [-0.2, -0.15) is 0 Å². The fourth-order valence-corrected chi connectivity index (χ4v) is 2.25. The van der Waals surface area contributed by atoms with E-state index in [2.05, 4.69) is 5.32 Å². The van der Waals surface area contributed by atoms with Crippen molar-refractivity contribution in [1.82, 2.24) is 5.32 Å². The van der Waals surface area contributed by atoms with Crippen molar-refractivity contribution in [2.45, 2.75) is 24.9 Å². The van der Waals surface area contributed by atoms with Crippen LogP contribution in [-0.4, -0.2) is 39.2 Å². The maximum atomic E-state index is 13.6. The normalized spacial score (nSPS) is 29.4. The van der Waals surface area contributed by atoms with Gasteiger partial charge in [0, 0.05) is 18.6 Å². The topological polar surface area (TPSA) is 46.2 Å². The SMILES string of the molecule is CS(=O)(=O)CCCC1(F)CCNC1. The average Bonchev–Trinajstić information content (AvgIpc) is 2.33. The minimum atomic E-state index is -2.93. The fourth-order valence-electron chi connectivity index (χ4n) is 1.58. The van der Waals surface area contributed by atoms with E-state index in [1.165, 1.54) is 6.26 Å². The Morgan fingerprint density at radius 1 is 1.54 bits per heavy atom. The summed E-state index contributed by atoms with van der Waals surface area (Å²) in [6, 6.07) is 0. The van der Waals surface area contributed by atoms with Crippen LogP contribution in [0.25, 0.3) is 0 Å². The second-order valence-electron chi connectivity index (χ2n) is 3.81. The zero-order valence-electron chi connectivity index (χ0n) is 7.85. The van der Waals surface area contributed by atoms with Gasteiger partial charge >= 0.3 is 0 Å². The summed E-state index contributed by atoms with van der Waals surface area (Å²) in [4.78, 5) is 0. The van der Waals surface area contributed by atoms with Crippen LogP contribution in [0.2, 0.25) is 0 Å². The van der Waals surface area contributed by atoms with E-state index in [4.69, 9.17) is 0 Å². The molecule has 1 heterocycles. The van der Waals surface area contributed by atoms with E-state index in [0.717, 1.165) is 0 Å². The molecule has 0 amide bonds. The molecule has 0 aliphatic carbocycles. The molecule has 13 heavy (non-hydrogen) atoms. The Balaban J connectivity index is 2.26. The van der Waals surface area contributed by atoms with Gasteiger partial charge in [-0.25, -0.2) is 12.8 Å². The van der Waals surface area contributed by atoms with Crippen LogP contribution >= 0.6 is 0 Å². The molecule has 0 saturated carbocycles. The number of rotatable bonds is 4. The molecule has 0 aromatic heterocycles. The first-order chi connectivity index (χ1) is 5.91. The molecule has 0 bridgehead atoms. The van der Waals surface area contributed by atoms with E-state index in [9.17, 15) is 12.8 Å². The monoisotopic (exact) mass is 209 g/mol. The Bertz CT molecular complexity index is 257. The third-order valence-electron chi connectivity index (χ3n) is 2.33. The summed E-state index contributed by atoms with van der Waals surface area (Å²) in [5.41, 5.74) is -1.16. The molecule has 3 nitrogen and oxygen atoms in total. The third-order valence-corrected chi connectivity index (χ3v) is 3.36. The summed E-state index contributed by atoms with van der Waals surface area (Å²) in [6.45, 7) is 1.08. The first-order valence-electron chi connectivity index (χ1n) is 4.49. The highest BCUT2D eigenvalue weighted by atomic mass is 32.2. The molecule has 1 aliphatic rings. The standard InChI is InChI=1S/C8H16FNO2S/c1-13(11,12)6-2-3-8(9)4-5-10-7-8/h10H,2-7H2,1H3. The van der Waals surface area contributed by atoms with Gasteiger partial charge in [-0.3, -0.25) is 0 Å². The van der Waals surface area contributed by atoms with E-state index in [1.807, 2.05) is 0 Å². The smallest absolute Gasteiger partial charge is 0.147 e. The minimum Gasteiger partial charge on any atom is -0.313 e. The van der Waals surface area contributed by atoms with Crippen molar-refractivity contribution in [3.05, 3.63) is 0 Å². The molecule has 78 valence electrons. The second-order valence-corrected chi connectivity index (χ2v) is 6.07. The molecule has 0 spiro atoms. The first-order valence-corrected chi connectivity index (χ1v) is 6.55. The van der Waals surface area contributed by atoms with Gasteiger partial charge in [-0.15, -0.1) is 0 Å².